The van der Waals surface area contributed by atoms with Crippen molar-refractivity contribution < 1.29 is 9.53 Å². The van der Waals surface area contributed by atoms with Crippen molar-refractivity contribution in [2.75, 3.05) is 17.7 Å². The summed E-state index contributed by atoms with van der Waals surface area (Å²) in [6, 6.07) is 5.79. The third-order valence-electron chi connectivity index (χ3n) is 3.59. The maximum Gasteiger partial charge on any atom is 0.340 e. The van der Waals surface area contributed by atoms with Crippen molar-refractivity contribution >= 4 is 17.3 Å². The lowest BCUT2D eigenvalue weighted by Gasteiger charge is -2.17. The lowest BCUT2D eigenvalue weighted by molar-refractivity contribution is 0.0527. The maximum atomic E-state index is 11.9. The molecular formula is C15H22N2O2. The highest BCUT2D eigenvalue weighted by molar-refractivity contribution is 5.96. The molecule has 1 aliphatic rings. The number of benzene rings is 1. The predicted octanol–water partition coefficient (Wildman–Crippen LogP) is 3.05. The molecule has 0 radical (unpaired) electrons. The van der Waals surface area contributed by atoms with E-state index in [2.05, 4.69) is 12.2 Å². The summed E-state index contributed by atoms with van der Waals surface area (Å²) in [5.41, 5.74) is 7.69. The number of esters is 1. The number of anilines is 2. The second kappa shape index (κ2) is 5.95. The van der Waals surface area contributed by atoms with Crippen LogP contribution in [-0.2, 0) is 4.74 Å². The SMILES string of the molecule is CCOC(=O)c1cc(N)ccc1NC1CCC(C)C1. The van der Waals surface area contributed by atoms with Gasteiger partial charge in [0.1, 0.15) is 0 Å². The number of nitrogen functional groups attached to an aromatic ring is 1. The molecule has 1 aromatic rings. The Morgan fingerprint density at radius 1 is 1.47 bits per heavy atom. The summed E-state index contributed by atoms with van der Waals surface area (Å²) < 4.78 is 5.07. The van der Waals surface area contributed by atoms with Gasteiger partial charge in [-0.2, -0.15) is 0 Å². The van der Waals surface area contributed by atoms with Crippen molar-refractivity contribution in [3.05, 3.63) is 23.8 Å². The fourth-order valence-corrected chi connectivity index (χ4v) is 2.62. The zero-order valence-corrected chi connectivity index (χ0v) is 11.6. The van der Waals surface area contributed by atoms with Crippen LogP contribution >= 0.6 is 0 Å². The molecule has 4 nitrogen and oxygen atoms in total. The van der Waals surface area contributed by atoms with Gasteiger partial charge in [-0.15, -0.1) is 0 Å². The Morgan fingerprint density at radius 3 is 2.89 bits per heavy atom. The average Bonchev–Trinajstić information content (AvgIpc) is 2.77. The summed E-state index contributed by atoms with van der Waals surface area (Å²) in [5, 5.41) is 3.45. The molecular weight excluding hydrogens is 240 g/mol. The van der Waals surface area contributed by atoms with Crippen LogP contribution in [0.5, 0.6) is 0 Å². The normalized spacial score (nSPS) is 22.2. The molecule has 0 spiro atoms. The molecule has 2 unspecified atom stereocenters. The quantitative estimate of drug-likeness (QED) is 0.646. The highest BCUT2D eigenvalue weighted by Crippen LogP contribution is 2.29. The van der Waals surface area contributed by atoms with E-state index in [1.54, 1.807) is 13.0 Å². The number of carbonyl (C=O) groups is 1. The molecule has 4 heteroatoms. The van der Waals surface area contributed by atoms with E-state index >= 15 is 0 Å². The number of carbonyl (C=O) groups excluding carboxylic acids is 1. The molecule has 3 N–H and O–H groups in total. The van der Waals surface area contributed by atoms with Crippen LogP contribution in [0.15, 0.2) is 18.2 Å². The lowest BCUT2D eigenvalue weighted by atomic mass is 10.1. The first-order valence-corrected chi connectivity index (χ1v) is 6.93. The minimum Gasteiger partial charge on any atom is -0.462 e. The average molecular weight is 262 g/mol. The van der Waals surface area contributed by atoms with Gasteiger partial charge in [0.05, 0.1) is 12.2 Å². The summed E-state index contributed by atoms with van der Waals surface area (Å²) in [5.74, 6) is 0.431. The highest BCUT2D eigenvalue weighted by Gasteiger charge is 2.23. The summed E-state index contributed by atoms with van der Waals surface area (Å²) in [6.45, 7) is 4.43. The van der Waals surface area contributed by atoms with Gasteiger partial charge < -0.3 is 15.8 Å². The van der Waals surface area contributed by atoms with Gasteiger partial charge in [0.25, 0.3) is 0 Å². The van der Waals surface area contributed by atoms with Gasteiger partial charge in [0, 0.05) is 17.4 Å². The Bertz CT molecular complexity index is 459. The Labute approximate surface area is 114 Å². The van der Waals surface area contributed by atoms with E-state index in [0.29, 0.717) is 23.9 Å². The fraction of sp³-hybridized carbons (Fsp3) is 0.533. The second-order valence-electron chi connectivity index (χ2n) is 5.28. The third kappa shape index (κ3) is 3.40. The minimum atomic E-state index is -0.316. The van der Waals surface area contributed by atoms with Crippen molar-refractivity contribution in [3.8, 4) is 0 Å². The van der Waals surface area contributed by atoms with Crippen molar-refractivity contribution in [2.24, 2.45) is 5.92 Å². The summed E-state index contributed by atoms with van der Waals surface area (Å²) in [7, 11) is 0. The standard InChI is InChI=1S/C15H22N2O2/c1-3-19-15(18)13-9-11(16)5-7-14(13)17-12-6-4-10(2)8-12/h5,7,9-10,12,17H,3-4,6,8,16H2,1-2H3. The summed E-state index contributed by atoms with van der Waals surface area (Å²) in [6.07, 6.45) is 3.53. The third-order valence-corrected chi connectivity index (χ3v) is 3.59. The number of nitrogens with one attached hydrogen (secondary N) is 1. The highest BCUT2D eigenvalue weighted by atomic mass is 16.5. The Balaban J connectivity index is 2.17. The number of hydrogen-bond donors (Lipinski definition) is 2. The van der Waals surface area contributed by atoms with Crippen molar-refractivity contribution in [1.82, 2.24) is 0 Å². The molecule has 0 amide bonds. The van der Waals surface area contributed by atoms with E-state index in [0.717, 1.165) is 24.4 Å². The van der Waals surface area contributed by atoms with Gasteiger partial charge in [0.15, 0.2) is 0 Å². The van der Waals surface area contributed by atoms with Crippen molar-refractivity contribution in [3.63, 3.8) is 0 Å². The van der Waals surface area contributed by atoms with Gasteiger partial charge in [-0.05, 0) is 50.3 Å². The summed E-state index contributed by atoms with van der Waals surface area (Å²) >= 11 is 0. The van der Waals surface area contributed by atoms with Gasteiger partial charge in [0.2, 0.25) is 0 Å². The molecule has 2 atom stereocenters. The lowest BCUT2D eigenvalue weighted by Crippen LogP contribution is -2.18. The first kappa shape index (κ1) is 13.7. The number of ether oxygens (including phenoxy) is 1. The molecule has 104 valence electrons. The van der Waals surface area contributed by atoms with E-state index in [1.807, 2.05) is 12.1 Å². The van der Waals surface area contributed by atoms with Crippen LogP contribution in [0.4, 0.5) is 11.4 Å². The number of rotatable bonds is 4. The molecule has 1 fully saturated rings. The zero-order valence-electron chi connectivity index (χ0n) is 11.6. The van der Waals surface area contributed by atoms with Crippen LogP contribution in [0.3, 0.4) is 0 Å². The minimum absolute atomic E-state index is 0.316. The number of nitrogens with two attached hydrogens (primary N) is 1. The maximum absolute atomic E-state index is 11.9. The molecule has 0 aliphatic heterocycles. The van der Waals surface area contributed by atoms with E-state index in [-0.39, 0.29) is 5.97 Å². The first-order chi connectivity index (χ1) is 9.10. The largest absolute Gasteiger partial charge is 0.462 e. The first-order valence-electron chi connectivity index (χ1n) is 6.93. The Hall–Kier alpha value is -1.71. The molecule has 0 saturated heterocycles. The molecule has 0 bridgehead atoms. The molecule has 0 heterocycles. The number of hydrogen-bond acceptors (Lipinski definition) is 4. The Kier molecular flexibility index (Phi) is 4.30. The van der Waals surface area contributed by atoms with Crippen LogP contribution < -0.4 is 11.1 Å². The monoisotopic (exact) mass is 262 g/mol. The van der Waals surface area contributed by atoms with Gasteiger partial charge in [-0.25, -0.2) is 4.79 Å². The molecule has 1 aliphatic carbocycles. The molecule has 1 aromatic carbocycles. The van der Waals surface area contributed by atoms with Crippen LogP contribution in [0.25, 0.3) is 0 Å². The Morgan fingerprint density at radius 2 is 2.26 bits per heavy atom. The smallest absolute Gasteiger partial charge is 0.340 e. The van der Waals surface area contributed by atoms with Crippen LogP contribution in [0.1, 0.15) is 43.5 Å². The topological polar surface area (TPSA) is 64.3 Å². The van der Waals surface area contributed by atoms with Gasteiger partial charge >= 0.3 is 5.97 Å². The molecule has 0 aromatic heterocycles. The molecule has 19 heavy (non-hydrogen) atoms. The van der Waals surface area contributed by atoms with Crippen LogP contribution in [0, 0.1) is 5.92 Å². The van der Waals surface area contributed by atoms with Crippen molar-refractivity contribution in [2.45, 2.75) is 39.2 Å². The van der Waals surface area contributed by atoms with E-state index in [1.165, 1.54) is 6.42 Å². The van der Waals surface area contributed by atoms with Crippen LogP contribution in [-0.4, -0.2) is 18.6 Å². The van der Waals surface area contributed by atoms with E-state index < -0.39 is 0 Å². The fourth-order valence-electron chi connectivity index (χ4n) is 2.62. The predicted molar refractivity (Wildman–Crippen MR) is 77.2 cm³/mol. The van der Waals surface area contributed by atoms with Crippen molar-refractivity contribution in [1.29, 1.82) is 0 Å². The second-order valence-corrected chi connectivity index (χ2v) is 5.28. The van der Waals surface area contributed by atoms with Gasteiger partial charge in [-0.3, -0.25) is 0 Å². The zero-order chi connectivity index (χ0) is 13.8. The summed E-state index contributed by atoms with van der Waals surface area (Å²) in [4.78, 5) is 11.9. The molecule has 2 rings (SSSR count). The molecule has 1 saturated carbocycles. The van der Waals surface area contributed by atoms with Gasteiger partial charge in [-0.1, -0.05) is 6.92 Å². The van der Waals surface area contributed by atoms with E-state index in [4.69, 9.17) is 10.5 Å². The van der Waals surface area contributed by atoms with Crippen LogP contribution in [0.2, 0.25) is 0 Å². The van der Waals surface area contributed by atoms with E-state index in [9.17, 15) is 4.79 Å².